The Kier molecular flexibility index (Phi) is 4.02. The predicted molar refractivity (Wildman–Crippen MR) is 82.3 cm³/mol. The van der Waals surface area contributed by atoms with Crippen LogP contribution in [0.2, 0.25) is 0 Å². The van der Waals surface area contributed by atoms with E-state index in [9.17, 15) is 14.4 Å². The van der Waals surface area contributed by atoms with E-state index in [2.05, 4.69) is 5.32 Å². The van der Waals surface area contributed by atoms with E-state index >= 15 is 0 Å². The van der Waals surface area contributed by atoms with E-state index in [-0.39, 0.29) is 11.4 Å². The molecule has 0 aliphatic carbocycles. The van der Waals surface area contributed by atoms with E-state index in [1.165, 1.54) is 21.2 Å². The number of nitrogens with two attached hydrogens (primary N) is 1. The molecule has 0 aliphatic rings. The molecule has 2 rings (SSSR count). The molecule has 0 saturated carbocycles. The van der Waals surface area contributed by atoms with E-state index < -0.39 is 17.2 Å². The van der Waals surface area contributed by atoms with Crippen LogP contribution in [0.25, 0.3) is 0 Å². The first-order valence-electron chi connectivity index (χ1n) is 6.38. The lowest BCUT2D eigenvalue weighted by Crippen LogP contribution is -2.42. The van der Waals surface area contributed by atoms with E-state index in [0.717, 1.165) is 9.13 Å². The average Bonchev–Trinajstić information content (AvgIpc) is 2.51. The van der Waals surface area contributed by atoms with Gasteiger partial charge in [0.15, 0.2) is 0 Å². The van der Waals surface area contributed by atoms with Gasteiger partial charge in [-0.25, -0.2) is 4.79 Å². The third-order valence-corrected chi connectivity index (χ3v) is 3.29. The van der Waals surface area contributed by atoms with Crippen LogP contribution in [0.4, 0.5) is 11.5 Å². The Morgan fingerprint density at radius 2 is 1.82 bits per heavy atom. The SMILES string of the molecule is COc1ccccc1NC(=O)c1c(N)n(C)c(=O)n(C)c1=O. The molecule has 0 aliphatic heterocycles. The number of anilines is 2. The van der Waals surface area contributed by atoms with Gasteiger partial charge in [0.05, 0.1) is 12.8 Å². The molecular weight excluding hydrogens is 288 g/mol. The van der Waals surface area contributed by atoms with Crippen LogP contribution in [0, 0.1) is 0 Å². The van der Waals surface area contributed by atoms with Crippen LogP contribution in [0.1, 0.15) is 10.4 Å². The van der Waals surface area contributed by atoms with Gasteiger partial charge in [-0.05, 0) is 12.1 Å². The highest BCUT2D eigenvalue weighted by atomic mass is 16.5. The Morgan fingerprint density at radius 1 is 1.18 bits per heavy atom. The summed E-state index contributed by atoms with van der Waals surface area (Å²) in [7, 11) is 4.13. The molecule has 22 heavy (non-hydrogen) atoms. The molecule has 0 saturated heterocycles. The smallest absolute Gasteiger partial charge is 0.332 e. The predicted octanol–water partition coefficient (Wildman–Crippen LogP) is -0.0729. The number of hydrogen-bond donors (Lipinski definition) is 2. The van der Waals surface area contributed by atoms with Crippen molar-refractivity contribution in [1.29, 1.82) is 0 Å². The molecule has 0 unspecified atom stereocenters. The summed E-state index contributed by atoms with van der Waals surface area (Å²) in [6.45, 7) is 0. The van der Waals surface area contributed by atoms with Crippen molar-refractivity contribution in [2.75, 3.05) is 18.2 Å². The second-order valence-electron chi connectivity index (χ2n) is 4.62. The molecule has 8 heteroatoms. The van der Waals surface area contributed by atoms with Crippen molar-refractivity contribution in [3.8, 4) is 5.75 Å². The number of carbonyl (C=O) groups excluding carboxylic acids is 1. The number of carbonyl (C=O) groups is 1. The number of para-hydroxylation sites is 2. The molecule has 0 fully saturated rings. The highest BCUT2D eigenvalue weighted by Gasteiger charge is 2.21. The van der Waals surface area contributed by atoms with Crippen molar-refractivity contribution in [2.45, 2.75) is 0 Å². The Morgan fingerprint density at radius 3 is 2.45 bits per heavy atom. The number of nitrogen functional groups attached to an aromatic ring is 1. The summed E-state index contributed by atoms with van der Waals surface area (Å²) in [5.74, 6) is -0.463. The van der Waals surface area contributed by atoms with Crippen molar-refractivity contribution >= 4 is 17.4 Å². The fraction of sp³-hybridized carbons (Fsp3) is 0.214. The maximum Gasteiger partial charge on any atom is 0.332 e. The summed E-state index contributed by atoms with van der Waals surface area (Å²) in [5, 5.41) is 2.56. The van der Waals surface area contributed by atoms with Gasteiger partial charge in [0, 0.05) is 14.1 Å². The second-order valence-corrected chi connectivity index (χ2v) is 4.62. The van der Waals surface area contributed by atoms with Crippen molar-refractivity contribution in [3.63, 3.8) is 0 Å². The monoisotopic (exact) mass is 304 g/mol. The lowest BCUT2D eigenvalue weighted by Gasteiger charge is -2.13. The van der Waals surface area contributed by atoms with Gasteiger partial charge in [-0.15, -0.1) is 0 Å². The fourth-order valence-electron chi connectivity index (χ4n) is 2.01. The number of benzene rings is 1. The third kappa shape index (κ3) is 2.46. The number of amides is 1. The Hall–Kier alpha value is -3.03. The topological polar surface area (TPSA) is 108 Å². The van der Waals surface area contributed by atoms with Gasteiger partial charge in [0.1, 0.15) is 17.1 Å². The van der Waals surface area contributed by atoms with Gasteiger partial charge in [-0.3, -0.25) is 18.7 Å². The normalized spacial score (nSPS) is 10.3. The first-order chi connectivity index (χ1) is 10.4. The van der Waals surface area contributed by atoms with Gasteiger partial charge in [0.25, 0.3) is 11.5 Å². The number of nitrogens with zero attached hydrogens (tertiary/aromatic N) is 2. The van der Waals surface area contributed by atoms with E-state index in [1.807, 2.05) is 0 Å². The maximum absolute atomic E-state index is 12.4. The fourth-order valence-corrected chi connectivity index (χ4v) is 2.01. The molecule has 0 atom stereocenters. The van der Waals surface area contributed by atoms with Crippen LogP contribution >= 0.6 is 0 Å². The van der Waals surface area contributed by atoms with Gasteiger partial charge in [-0.2, -0.15) is 0 Å². The van der Waals surface area contributed by atoms with Crippen LogP contribution in [-0.2, 0) is 14.1 Å². The summed E-state index contributed by atoms with van der Waals surface area (Å²) in [4.78, 5) is 36.2. The van der Waals surface area contributed by atoms with Gasteiger partial charge in [0.2, 0.25) is 0 Å². The molecular formula is C14H16N4O4. The number of nitrogens with one attached hydrogen (secondary N) is 1. The first kappa shape index (κ1) is 15.4. The number of rotatable bonds is 3. The Balaban J connectivity index is 2.52. The zero-order valence-electron chi connectivity index (χ0n) is 12.4. The minimum absolute atomic E-state index is 0.194. The first-order valence-corrected chi connectivity index (χ1v) is 6.38. The lowest BCUT2D eigenvalue weighted by atomic mass is 10.2. The molecule has 0 spiro atoms. The quantitative estimate of drug-likeness (QED) is 0.825. The summed E-state index contributed by atoms with van der Waals surface area (Å²) in [6, 6.07) is 6.74. The largest absolute Gasteiger partial charge is 0.495 e. The number of aromatic nitrogens is 2. The van der Waals surface area contributed by atoms with E-state index in [0.29, 0.717) is 11.4 Å². The number of hydrogen-bond acceptors (Lipinski definition) is 5. The molecule has 0 bridgehead atoms. The van der Waals surface area contributed by atoms with Gasteiger partial charge in [-0.1, -0.05) is 12.1 Å². The average molecular weight is 304 g/mol. The second kappa shape index (κ2) is 5.76. The van der Waals surface area contributed by atoms with Crippen LogP contribution in [0.5, 0.6) is 5.75 Å². The molecule has 3 N–H and O–H groups in total. The van der Waals surface area contributed by atoms with Crippen molar-refractivity contribution in [3.05, 3.63) is 50.7 Å². The van der Waals surface area contributed by atoms with Crippen molar-refractivity contribution in [1.82, 2.24) is 9.13 Å². The Labute approximate surface area is 125 Å². The minimum Gasteiger partial charge on any atom is -0.495 e. The zero-order valence-corrected chi connectivity index (χ0v) is 12.4. The summed E-state index contributed by atoms with van der Waals surface area (Å²) < 4.78 is 6.99. The van der Waals surface area contributed by atoms with Crippen LogP contribution in [0.3, 0.4) is 0 Å². The Bertz CT molecular complexity index is 851. The molecule has 1 aromatic heterocycles. The molecule has 1 aromatic carbocycles. The van der Waals surface area contributed by atoms with Crippen LogP contribution < -0.4 is 27.0 Å². The van der Waals surface area contributed by atoms with Crippen LogP contribution in [0.15, 0.2) is 33.9 Å². The molecule has 2 aromatic rings. The van der Waals surface area contributed by atoms with Crippen LogP contribution in [-0.4, -0.2) is 22.2 Å². The zero-order chi connectivity index (χ0) is 16.4. The molecule has 1 amide bonds. The van der Waals surface area contributed by atoms with Crippen molar-refractivity contribution in [2.24, 2.45) is 14.1 Å². The van der Waals surface area contributed by atoms with Gasteiger partial charge >= 0.3 is 5.69 Å². The third-order valence-electron chi connectivity index (χ3n) is 3.29. The number of ether oxygens (including phenoxy) is 1. The summed E-state index contributed by atoms with van der Waals surface area (Å²) in [5.41, 5.74) is 4.48. The summed E-state index contributed by atoms with van der Waals surface area (Å²) >= 11 is 0. The maximum atomic E-state index is 12.4. The molecule has 0 radical (unpaired) electrons. The lowest BCUT2D eigenvalue weighted by molar-refractivity contribution is 0.102. The standard InChI is InChI=1S/C14H16N4O4/c1-17-11(15)10(13(20)18(2)14(17)21)12(19)16-8-6-4-5-7-9(8)22-3/h4-7H,15H2,1-3H3,(H,16,19). The highest BCUT2D eigenvalue weighted by Crippen LogP contribution is 2.23. The van der Waals surface area contributed by atoms with Crippen molar-refractivity contribution < 1.29 is 9.53 Å². The number of methoxy groups -OCH3 is 1. The highest BCUT2D eigenvalue weighted by molar-refractivity contribution is 6.07. The van der Waals surface area contributed by atoms with E-state index in [1.54, 1.807) is 24.3 Å². The van der Waals surface area contributed by atoms with Gasteiger partial charge < -0.3 is 15.8 Å². The molecule has 8 nitrogen and oxygen atoms in total. The summed E-state index contributed by atoms with van der Waals surface area (Å²) in [6.07, 6.45) is 0. The minimum atomic E-state index is -0.756. The molecule has 116 valence electrons. The molecule has 1 heterocycles. The van der Waals surface area contributed by atoms with E-state index in [4.69, 9.17) is 10.5 Å².